The van der Waals surface area contributed by atoms with Crippen molar-refractivity contribution in [1.82, 2.24) is 10.6 Å². The fourth-order valence-electron chi connectivity index (χ4n) is 7.21. The number of aliphatic hydroxyl groups excluding tert-OH is 5. The Morgan fingerprint density at radius 3 is 2.21 bits per heavy atom. The third-order valence-electron chi connectivity index (χ3n) is 9.87. The molecule has 0 spiro atoms. The predicted octanol–water partition coefficient (Wildman–Crippen LogP) is -5.02. The van der Waals surface area contributed by atoms with Crippen molar-refractivity contribution in [3.8, 4) is 0 Å². The van der Waals surface area contributed by atoms with Crippen LogP contribution in [0.15, 0.2) is 0 Å². The third kappa shape index (κ3) is 7.20. The number of nitrogens with one attached hydrogen (secondary N) is 2. The highest BCUT2D eigenvalue weighted by atomic mass is 16.8. The first-order valence-electron chi connectivity index (χ1n) is 15.5. The SMILES string of the molecule is CNC1C(O[C@H]2OC(CO)[C@@H](NCC3(N)CCCC3)CC2O)O[C@H]2CC(N)[C@@H](O[C@@H]3C(N)C[C@@H](N)C(O)C3O)OC2C1O. The first-order valence-corrected chi connectivity index (χ1v) is 15.5. The zero-order valence-electron chi connectivity index (χ0n) is 24.7. The number of aliphatic hydroxyl groups is 5. The summed E-state index contributed by atoms with van der Waals surface area (Å²) in [5.41, 5.74) is 24.6. The standard InChI is InChI=1S/C27H52N6O10/c1-32-18-20(37)23-16(7-13(30)24(42-23)41-22-12(29)6-11(28)19(36)21(22)38)39-26(18)43-25-15(35)8-14(17(9-34)40-25)33-10-27(31)4-2-3-5-27/h11-26,32-38H,2-10,28-31H2,1H3/t11-,12?,13?,14+,15?,16+,17?,18?,19?,20?,21?,22-,23?,24+,25-,26?/m1/s1. The Balaban J connectivity index is 1.19. The molecule has 15 N–H and O–H groups in total. The van der Waals surface area contributed by atoms with Gasteiger partial charge in [0, 0.05) is 30.2 Å². The number of rotatable bonds is 9. The molecule has 0 amide bonds. The summed E-state index contributed by atoms with van der Waals surface area (Å²) in [6.45, 7) is 0.270. The molecule has 16 atom stereocenters. The normalized spacial score (nSPS) is 50.4. The maximum atomic E-state index is 11.3. The summed E-state index contributed by atoms with van der Waals surface area (Å²) in [7, 11) is 1.62. The second-order valence-corrected chi connectivity index (χ2v) is 13.1. The first kappa shape index (κ1) is 33.7. The van der Waals surface area contributed by atoms with Crippen LogP contribution in [0.4, 0.5) is 0 Å². The Morgan fingerprint density at radius 2 is 1.53 bits per heavy atom. The van der Waals surface area contributed by atoms with E-state index in [2.05, 4.69) is 10.6 Å². The van der Waals surface area contributed by atoms with Crippen LogP contribution in [0.3, 0.4) is 0 Å². The summed E-state index contributed by atoms with van der Waals surface area (Å²) in [5, 5.41) is 59.4. The average molecular weight is 621 g/mol. The highest BCUT2D eigenvalue weighted by molar-refractivity contribution is 5.02. The molecule has 5 fully saturated rings. The molecule has 2 aliphatic carbocycles. The van der Waals surface area contributed by atoms with Gasteiger partial charge in [0.05, 0.1) is 37.0 Å². The smallest absolute Gasteiger partial charge is 0.187 e. The lowest BCUT2D eigenvalue weighted by Crippen LogP contribution is -2.69. The topological polar surface area (TPSA) is 275 Å². The Labute approximate surface area is 251 Å². The van der Waals surface area contributed by atoms with Crippen LogP contribution < -0.4 is 33.6 Å². The minimum absolute atomic E-state index is 0.211. The van der Waals surface area contributed by atoms with E-state index in [-0.39, 0.29) is 37.5 Å². The Hall–Kier alpha value is -0.640. The molecule has 16 heteroatoms. The molecule has 43 heavy (non-hydrogen) atoms. The number of likely N-dealkylation sites (N-methyl/N-ethyl adjacent to an activating group) is 1. The number of nitrogens with two attached hydrogens (primary N) is 4. The van der Waals surface area contributed by atoms with E-state index in [0.29, 0.717) is 6.54 Å². The van der Waals surface area contributed by atoms with Gasteiger partial charge in [-0.3, -0.25) is 0 Å². The predicted molar refractivity (Wildman–Crippen MR) is 151 cm³/mol. The summed E-state index contributed by atoms with van der Waals surface area (Å²) in [5.74, 6) is 0. The molecule has 3 heterocycles. The van der Waals surface area contributed by atoms with E-state index in [1.807, 2.05) is 0 Å². The maximum Gasteiger partial charge on any atom is 0.187 e. The van der Waals surface area contributed by atoms with E-state index in [0.717, 1.165) is 25.7 Å². The second kappa shape index (κ2) is 14.0. The van der Waals surface area contributed by atoms with Crippen LogP contribution >= 0.6 is 0 Å². The van der Waals surface area contributed by atoms with Gasteiger partial charge in [0.15, 0.2) is 18.9 Å². The maximum absolute atomic E-state index is 11.3. The highest BCUT2D eigenvalue weighted by Gasteiger charge is 2.53. The van der Waals surface area contributed by atoms with Crippen molar-refractivity contribution in [2.24, 2.45) is 22.9 Å². The number of ether oxygens (including phenoxy) is 5. The van der Waals surface area contributed by atoms with Crippen LogP contribution in [0.2, 0.25) is 0 Å². The summed E-state index contributed by atoms with van der Waals surface area (Å²) in [6.07, 6.45) is -6.40. The van der Waals surface area contributed by atoms with Gasteiger partial charge in [0.25, 0.3) is 0 Å². The lowest BCUT2D eigenvalue weighted by atomic mass is 9.84. The molecule has 0 aromatic carbocycles. The molecule has 3 saturated heterocycles. The van der Waals surface area contributed by atoms with Crippen LogP contribution in [-0.2, 0) is 23.7 Å². The lowest BCUT2D eigenvalue weighted by molar-refractivity contribution is -0.368. The molecule has 0 aromatic rings. The summed E-state index contributed by atoms with van der Waals surface area (Å²) in [4.78, 5) is 0. The molecule has 2 saturated carbocycles. The number of hydrogen-bond donors (Lipinski definition) is 11. The Morgan fingerprint density at radius 1 is 0.814 bits per heavy atom. The van der Waals surface area contributed by atoms with E-state index in [4.69, 9.17) is 46.6 Å². The second-order valence-electron chi connectivity index (χ2n) is 13.1. The molecule has 16 nitrogen and oxygen atoms in total. The van der Waals surface area contributed by atoms with Crippen LogP contribution in [0.1, 0.15) is 44.9 Å². The van der Waals surface area contributed by atoms with Crippen LogP contribution in [0, 0.1) is 0 Å². The molecular weight excluding hydrogens is 568 g/mol. The minimum atomic E-state index is -1.33. The van der Waals surface area contributed by atoms with Gasteiger partial charge in [-0.2, -0.15) is 0 Å². The number of fused-ring (bicyclic) bond motifs is 1. The molecule has 250 valence electrons. The average Bonchev–Trinajstić information content (AvgIpc) is 3.41. The van der Waals surface area contributed by atoms with Gasteiger partial charge in [-0.05, 0) is 39.2 Å². The summed E-state index contributed by atoms with van der Waals surface area (Å²) >= 11 is 0. The Kier molecular flexibility index (Phi) is 11.0. The minimum Gasteiger partial charge on any atom is -0.394 e. The fourth-order valence-corrected chi connectivity index (χ4v) is 7.21. The van der Waals surface area contributed by atoms with E-state index >= 15 is 0 Å². The van der Waals surface area contributed by atoms with Gasteiger partial charge in [0.1, 0.15) is 30.5 Å². The van der Waals surface area contributed by atoms with Crippen molar-refractivity contribution in [2.75, 3.05) is 20.2 Å². The summed E-state index contributed by atoms with van der Waals surface area (Å²) < 4.78 is 30.3. The van der Waals surface area contributed by atoms with Crippen molar-refractivity contribution in [3.05, 3.63) is 0 Å². The van der Waals surface area contributed by atoms with Crippen molar-refractivity contribution in [1.29, 1.82) is 0 Å². The van der Waals surface area contributed by atoms with Gasteiger partial charge >= 0.3 is 0 Å². The summed E-state index contributed by atoms with van der Waals surface area (Å²) in [6, 6.07) is -3.18. The Bertz CT molecular complexity index is 904. The van der Waals surface area contributed by atoms with Gasteiger partial charge in [0.2, 0.25) is 0 Å². The van der Waals surface area contributed by atoms with Crippen molar-refractivity contribution in [2.45, 2.75) is 148 Å². The zero-order valence-corrected chi connectivity index (χ0v) is 24.7. The van der Waals surface area contributed by atoms with E-state index in [9.17, 15) is 25.5 Å². The van der Waals surface area contributed by atoms with E-state index in [1.165, 1.54) is 0 Å². The molecule has 5 aliphatic rings. The zero-order chi connectivity index (χ0) is 31.1. The third-order valence-corrected chi connectivity index (χ3v) is 9.87. The van der Waals surface area contributed by atoms with Crippen molar-refractivity contribution in [3.63, 3.8) is 0 Å². The molecule has 3 aliphatic heterocycles. The van der Waals surface area contributed by atoms with E-state index < -0.39 is 91.9 Å². The number of hydrogen-bond acceptors (Lipinski definition) is 16. The fraction of sp³-hybridized carbons (Fsp3) is 1.00. The van der Waals surface area contributed by atoms with Gasteiger partial charge in [-0.1, -0.05) is 12.8 Å². The van der Waals surface area contributed by atoms with Gasteiger partial charge in [-0.15, -0.1) is 0 Å². The van der Waals surface area contributed by atoms with Crippen LogP contribution in [-0.4, -0.2) is 149 Å². The molecule has 10 unspecified atom stereocenters. The largest absolute Gasteiger partial charge is 0.394 e. The van der Waals surface area contributed by atoms with Gasteiger partial charge in [-0.25, -0.2) is 0 Å². The van der Waals surface area contributed by atoms with Crippen LogP contribution in [0.25, 0.3) is 0 Å². The van der Waals surface area contributed by atoms with E-state index in [1.54, 1.807) is 7.05 Å². The molecule has 0 bridgehead atoms. The van der Waals surface area contributed by atoms with Gasteiger partial charge < -0.3 is 82.8 Å². The lowest BCUT2D eigenvalue weighted by Gasteiger charge is -2.51. The van der Waals surface area contributed by atoms with Crippen molar-refractivity contribution >= 4 is 0 Å². The monoisotopic (exact) mass is 620 g/mol. The quantitative estimate of drug-likeness (QED) is 0.115. The van der Waals surface area contributed by atoms with Crippen molar-refractivity contribution < 1.29 is 49.2 Å². The van der Waals surface area contributed by atoms with Crippen LogP contribution in [0.5, 0.6) is 0 Å². The molecule has 0 radical (unpaired) electrons. The molecule has 0 aromatic heterocycles. The molecular formula is C27H52N6O10. The molecule has 5 rings (SSSR count). The first-order chi connectivity index (χ1) is 20.4. The highest BCUT2D eigenvalue weighted by Crippen LogP contribution is 2.36.